The van der Waals surface area contributed by atoms with Crippen molar-refractivity contribution in [2.75, 3.05) is 13.1 Å². The van der Waals surface area contributed by atoms with Crippen LogP contribution < -0.4 is 0 Å². The van der Waals surface area contributed by atoms with Crippen LogP contribution in [-0.2, 0) is 4.79 Å². The number of carbonyl (C=O) groups excluding carboxylic acids is 1. The molecule has 0 bridgehead atoms. The van der Waals surface area contributed by atoms with Crippen LogP contribution in [0.2, 0.25) is 0 Å². The summed E-state index contributed by atoms with van der Waals surface area (Å²) < 4.78 is 0. The normalized spacial score (nSPS) is 10.8. The summed E-state index contributed by atoms with van der Waals surface area (Å²) in [5, 5.41) is 27.1. The fourth-order valence-corrected chi connectivity index (χ4v) is 0.398. The van der Waals surface area contributed by atoms with Crippen LogP contribution in [0.25, 0.3) is 0 Å². The minimum absolute atomic E-state index is 0.361. The maximum atomic E-state index is 9.81. The monoisotopic (exact) mass is 208 g/mol. The van der Waals surface area contributed by atoms with Crippen molar-refractivity contribution < 1.29 is 19.7 Å². The van der Waals surface area contributed by atoms with E-state index in [9.17, 15) is 25.0 Å². The van der Waals surface area contributed by atoms with Gasteiger partial charge in [0.15, 0.2) is 5.78 Å². The Kier molecular flexibility index (Phi) is 8.58. The number of hydrogen-bond acceptors (Lipinski definition) is 6. The number of hydrogen-bond donors (Lipinski definition) is 1. The van der Waals surface area contributed by atoms with E-state index in [0.29, 0.717) is 0 Å². The Bertz CT molecular complexity index is 202. The van der Waals surface area contributed by atoms with E-state index in [1.165, 1.54) is 13.8 Å². The van der Waals surface area contributed by atoms with Crippen LogP contribution in [0.4, 0.5) is 0 Å². The predicted octanol–water partition coefficient (Wildman–Crippen LogP) is -0.504. The molecule has 0 spiro atoms. The summed E-state index contributed by atoms with van der Waals surface area (Å²) in [6, 6.07) is 0. The predicted molar refractivity (Wildman–Crippen MR) is 46.1 cm³/mol. The molecule has 0 rings (SSSR count). The van der Waals surface area contributed by atoms with Gasteiger partial charge in [-0.25, -0.2) is 0 Å². The van der Waals surface area contributed by atoms with Gasteiger partial charge in [0.1, 0.15) is 6.10 Å². The molecule has 0 saturated carbocycles. The number of Topliss-reactive ketones (excluding diaryl/α,β-unsaturated/α-hetero) is 1. The number of ketones is 1. The second kappa shape index (κ2) is 8.05. The Labute approximate surface area is 79.8 Å². The zero-order valence-corrected chi connectivity index (χ0v) is 7.87. The van der Waals surface area contributed by atoms with Crippen molar-refractivity contribution in [1.82, 2.24) is 0 Å². The van der Waals surface area contributed by atoms with Gasteiger partial charge >= 0.3 is 0 Å². The molecule has 0 saturated heterocycles. The zero-order valence-electron chi connectivity index (χ0n) is 7.87. The van der Waals surface area contributed by atoms with Crippen LogP contribution in [0.3, 0.4) is 0 Å². The smallest absolute Gasteiger partial charge is 0.260 e. The number of nitrogens with zero attached hydrogens (tertiary/aromatic N) is 2. The Morgan fingerprint density at radius 2 is 1.79 bits per heavy atom. The van der Waals surface area contributed by atoms with Crippen LogP contribution in [0.15, 0.2) is 0 Å². The van der Waals surface area contributed by atoms with Gasteiger partial charge < -0.3 is 5.11 Å². The van der Waals surface area contributed by atoms with Crippen molar-refractivity contribution in [2.24, 2.45) is 0 Å². The van der Waals surface area contributed by atoms with E-state index >= 15 is 0 Å². The number of nitro groups is 2. The molecular formula is C6H12N2O6. The minimum Gasteiger partial charge on any atom is -0.387 e. The van der Waals surface area contributed by atoms with Gasteiger partial charge in [0.2, 0.25) is 6.54 Å². The summed E-state index contributed by atoms with van der Waals surface area (Å²) in [6.45, 7) is 1.64. The van der Waals surface area contributed by atoms with Crippen LogP contribution in [0, 0.1) is 20.2 Å². The molecule has 0 unspecified atom stereocenters. The number of aliphatic hydroxyl groups excluding tert-OH is 1. The fourth-order valence-electron chi connectivity index (χ4n) is 0.398. The van der Waals surface area contributed by atoms with Crippen molar-refractivity contribution in [3.8, 4) is 0 Å². The molecule has 0 aromatic carbocycles. The summed E-state index contributed by atoms with van der Waals surface area (Å²) >= 11 is 0. The van der Waals surface area contributed by atoms with Crippen LogP contribution in [-0.4, -0.2) is 39.9 Å². The van der Waals surface area contributed by atoms with E-state index in [1.807, 2.05) is 0 Å². The van der Waals surface area contributed by atoms with Crippen LogP contribution in [0.1, 0.15) is 13.8 Å². The molecule has 0 heterocycles. The highest BCUT2D eigenvalue weighted by molar-refractivity contribution is 5.76. The summed E-state index contributed by atoms with van der Waals surface area (Å²) in [7, 11) is 0. The number of aliphatic hydroxyl groups is 1. The molecular weight excluding hydrogens is 196 g/mol. The van der Waals surface area contributed by atoms with Gasteiger partial charge in [0.25, 0.3) is 6.54 Å². The molecule has 0 radical (unpaired) electrons. The molecule has 1 N–H and O–H groups in total. The standard InChI is InChI=1S/C3H7NO3.C3H5NO3/c2*1-3(5)2-4(6)7/h3,5H,2H2,1H3;2H2,1H3/t3-;/m1./s1. The fraction of sp³-hybridized carbons (Fsp3) is 0.833. The summed E-state index contributed by atoms with van der Waals surface area (Å²) in [4.78, 5) is 27.5. The maximum absolute atomic E-state index is 9.81. The molecule has 0 fully saturated rings. The first-order chi connectivity index (χ1) is 6.25. The number of rotatable bonds is 4. The van der Waals surface area contributed by atoms with Gasteiger partial charge in [-0.15, -0.1) is 0 Å². The largest absolute Gasteiger partial charge is 0.387 e. The van der Waals surface area contributed by atoms with Gasteiger partial charge in [-0.2, -0.15) is 0 Å². The molecule has 0 aromatic rings. The highest BCUT2D eigenvalue weighted by Gasteiger charge is 2.01. The Balaban J connectivity index is 0. The van der Waals surface area contributed by atoms with Crippen molar-refractivity contribution in [1.29, 1.82) is 0 Å². The lowest BCUT2D eigenvalue weighted by Crippen LogP contribution is -2.14. The van der Waals surface area contributed by atoms with Gasteiger partial charge in [0, 0.05) is 16.8 Å². The third-order valence-electron chi connectivity index (χ3n) is 0.765. The van der Waals surface area contributed by atoms with Crippen molar-refractivity contribution in [2.45, 2.75) is 20.0 Å². The van der Waals surface area contributed by atoms with E-state index in [2.05, 4.69) is 0 Å². The van der Waals surface area contributed by atoms with E-state index in [4.69, 9.17) is 5.11 Å². The Morgan fingerprint density at radius 1 is 1.36 bits per heavy atom. The SMILES string of the molecule is CC(=O)C[N+](=O)[O-].C[C@@H](O)C[N+](=O)[O-]. The molecule has 0 aliphatic heterocycles. The first-order valence-electron chi connectivity index (χ1n) is 3.66. The average molecular weight is 208 g/mol. The number of carbonyl (C=O) groups is 1. The first kappa shape index (κ1) is 14.9. The van der Waals surface area contributed by atoms with Gasteiger partial charge in [-0.3, -0.25) is 25.0 Å². The molecule has 82 valence electrons. The van der Waals surface area contributed by atoms with Gasteiger partial charge in [-0.05, 0) is 6.92 Å². The lowest BCUT2D eigenvalue weighted by Gasteiger charge is -1.92. The molecule has 8 nitrogen and oxygen atoms in total. The lowest BCUT2D eigenvalue weighted by molar-refractivity contribution is -0.489. The first-order valence-corrected chi connectivity index (χ1v) is 3.66. The van der Waals surface area contributed by atoms with Gasteiger partial charge in [-0.1, -0.05) is 0 Å². The van der Waals surface area contributed by atoms with Crippen molar-refractivity contribution >= 4 is 5.78 Å². The summed E-state index contributed by atoms with van der Waals surface area (Å²) in [5.74, 6) is -0.412. The van der Waals surface area contributed by atoms with Crippen LogP contribution in [0.5, 0.6) is 0 Å². The zero-order chi connectivity index (χ0) is 11.7. The molecule has 0 amide bonds. The summed E-state index contributed by atoms with van der Waals surface area (Å²) in [6.07, 6.45) is -0.824. The lowest BCUT2D eigenvalue weighted by atomic mass is 10.4. The maximum Gasteiger partial charge on any atom is 0.260 e. The molecule has 14 heavy (non-hydrogen) atoms. The Hall–Kier alpha value is -1.57. The second-order valence-electron chi connectivity index (χ2n) is 2.56. The molecule has 0 aromatic heterocycles. The van der Waals surface area contributed by atoms with E-state index in [-0.39, 0.29) is 6.54 Å². The van der Waals surface area contributed by atoms with E-state index < -0.39 is 28.3 Å². The third kappa shape index (κ3) is 22.4. The third-order valence-corrected chi connectivity index (χ3v) is 0.765. The molecule has 0 aliphatic rings. The van der Waals surface area contributed by atoms with E-state index in [0.717, 1.165) is 0 Å². The quantitative estimate of drug-likeness (QED) is 0.490. The average Bonchev–Trinajstić information content (AvgIpc) is 1.79. The minimum atomic E-state index is -0.824. The highest BCUT2D eigenvalue weighted by Crippen LogP contribution is 1.77. The Morgan fingerprint density at radius 3 is 1.79 bits per heavy atom. The molecule has 8 heteroatoms. The topological polar surface area (TPSA) is 124 Å². The van der Waals surface area contributed by atoms with Crippen molar-refractivity contribution in [3.05, 3.63) is 20.2 Å². The van der Waals surface area contributed by atoms with Crippen LogP contribution >= 0.6 is 0 Å². The molecule has 0 aliphatic carbocycles. The van der Waals surface area contributed by atoms with Gasteiger partial charge in [0.05, 0.1) is 0 Å². The highest BCUT2D eigenvalue weighted by atomic mass is 16.6. The van der Waals surface area contributed by atoms with E-state index in [1.54, 1.807) is 0 Å². The summed E-state index contributed by atoms with van der Waals surface area (Å²) in [5.41, 5.74) is 0. The van der Waals surface area contributed by atoms with Crippen molar-refractivity contribution in [3.63, 3.8) is 0 Å². The second-order valence-corrected chi connectivity index (χ2v) is 2.56. The molecule has 1 atom stereocenters.